The Balaban J connectivity index is 1.53. The third kappa shape index (κ3) is 3.69. The summed E-state index contributed by atoms with van der Waals surface area (Å²) in [7, 11) is -3.26. The predicted octanol–water partition coefficient (Wildman–Crippen LogP) is 2.96. The van der Waals surface area contributed by atoms with E-state index in [4.69, 9.17) is 4.74 Å². The van der Waals surface area contributed by atoms with Crippen LogP contribution in [-0.4, -0.2) is 49.9 Å². The van der Waals surface area contributed by atoms with Gasteiger partial charge in [-0.15, -0.1) is 0 Å². The average molecular weight is 375 g/mol. The van der Waals surface area contributed by atoms with Gasteiger partial charge in [-0.05, 0) is 43.9 Å². The maximum atomic E-state index is 11.9. The van der Waals surface area contributed by atoms with E-state index in [9.17, 15) is 8.42 Å². The molecule has 0 N–H and O–H groups in total. The number of benzene rings is 1. The number of hydrogen-bond donors (Lipinski definition) is 0. The maximum absolute atomic E-state index is 11.9. The van der Waals surface area contributed by atoms with Crippen molar-refractivity contribution in [3.8, 4) is 0 Å². The number of rotatable bonds is 4. The van der Waals surface area contributed by atoms with Crippen molar-refractivity contribution in [2.45, 2.75) is 55.6 Å². The Kier molecular flexibility index (Phi) is 4.84. The molecule has 1 saturated carbocycles. The van der Waals surface area contributed by atoms with Crippen molar-refractivity contribution < 1.29 is 13.2 Å². The lowest BCUT2D eigenvalue weighted by Gasteiger charge is -2.34. The minimum atomic E-state index is -3.26. The Morgan fingerprint density at radius 3 is 2.42 bits per heavy atom. The third-order valence-electron chi connectivity index (χ3n) is 5.44. The molecule has 2 heterocycles. The molecule has 1 aliphatic heterocycles. The number of aromatic nitrogens is 2. The number of nitrogens with zero attached hydrogens (tertiary/aromatic N) is 3. The SMILES string of the molecule is CS(=O)(=O)c1ccc2ncnc(N3CCC(OC4CCCC4)CC3)c2c1. The summed E-state index contributed by atoms with van der Waals surface area (Å²) in [6.07, 6.45) is 10.5. The van der Waals surface area contributed by atoms with Gasteiger partial charge in [0.2, 0.25) is 0 Å². The molecule has 2 aromatic rings. The summed E-state index contributed by atoms with van der Waals surface area (Å²) in [6.45, 7) is 1.74. The van der Waals surface area contributed by atoms with Crippen LogP contribution in [-0.2, 0) is 14.6 Å². The second-order valence-electron chi connectivity index (χ2n) is 7.38. The molecule has 2 fully saturated rings. The highest BCUT2D eigenvalue weighted by Crippen LogP contribution is 2.30. The van der Waals surface area contributed by atoms with Crippen molar-refractivity contribution in [1.29, 1.82) is 0 Å². The summed E-state index contributed by atoms with van der Waals surface area (Å²) < 4.78 is 30.1. The highest BCUT2D eigenvalue weighted by atomic mass is 32.2. The molecule has 0 radical (unpaired) electrons. The molecular formula is C19H25N3O3S. The maximum Gasteiger partial charge on any atom is 0.175 e. The van der Waals surface area contributed by atoms with Crippen LogP contribution in [0.2, 0.25) is 0 Å². The van der Waals surface area contributed by atoms with Crippen molar-refractivity contribution >= 4 is 26.6 Å². The molecular weight excluding hydrogens is 350 g/mol. The summed E-state index contributed by atoms with van der Waals surface area (Å²) in [4.78, 5) is 11.3. The van der Waals surface area contributed by atoms with Crippen LogP contribution in [0, 0.1) is 0 Å². The summed E-state index contributed by atoms with van der Waals surface area (Å²) in [5.74, 6) is 0.819. The van der Waals surface area contributed by atoms with Gasteiger partial charge in [0.15, 0.2) is 9.84 Å². The van der Waals surface area contributed by atoms with E-state index in [-0.39, 0.29) is 0 Å². The molecule has 6 nitrogen and oxygen atoms in total. The quantitative estimate of drug-likeness (QED) is 0.818. The summed E-state index contributed by atoms with van der Waals surface area (Å²) in [5, 5.41) is 0.797. The zero-order chi connectivity index (χ0) is 18.1. The lowest BCUT2D eigenvalue weighted by molar-refractivity contribution is -0.0195. The first kappa shape index (κ1) is 17.7. The smallest absolute Gasteiger partial charge is 0.175 e. The topological polar surface area (TPSA) is 72.4 Å². The van der Waals surface area contributed by atoms with Gasteiger partial charge in [0.1, 0.15) is 12.1 Å². The van der Waals surface area contributed by atoms with E-state index >= 15 is 0 Å². The van der Waals surface area contributed by atoms with E-state index in [0.29, 0.717) is 17.1 Å². The highest BCUT2D eigenvalue weighted by molar-refractivity contribution is 7.90. The predicted molar refractivity (Wildman–Crippen MR) is 101 cm³/mol. The van der Waals surface area contributed by atoms with Crippen molar-refractivity contribution in [3.63, 3.8) is 0 Å². The molecule has 1 saturated heterocycles. The molecule has 0 atom stereocenters. The zero-order valence-corrected chi connectivity index (χ0v) is 15.9. The Labute approximate surface area is 154 Å². The molecule has 2 aliphatic rings. The van der Waals surface area contributed by atoms with E-state index in [1.165, 1.54) is 31.9 Å². The largest absolute Gasteiger partial charge is 0.375 e. The van der Waals surface area contributed by atoms with E-state index in [1.807, 2.05) is 0 Å². The number of hydrogen-bond acceptors (Lipinski definition) is 6. The first-order valence-electron chi connectivity index (χ1n) is 9.36. The fraction of sp³-hybridized carbons (Fsp3) is 0.579. The van der Waals surface area contributed by atoms with Crippen LogP contribution >= 0.6 is 0 Å². The molecule has 0 spiro atoms. The molecule has 0 unspecified atom stereocenters. The van der Waals surface area contributed by atoms with Gasteiger partial charge in [0.25, 0.3) is 0 Å². The second kappa shape index (κ2) is 7.12. The van der Waals surface area contributed by atoms with Crippen LogP contribution in [0.5, 0.6) is 0 Å². The minimum absolute atomic E-state index is 0.306. The van der Waals surface area contributed by atoms with Gasteiger partial charge in [0, 0.05) is 24.7 Å². The van der Waals surface area contributed by atoms with Crippen molar-refractivity contribution in [2.24, 2.45) is 0 Å². The molecule has 140 valence electrons. The molecule has 7 heteroatoms. The fourth-order valence-electron chi connectivity index (χ4n) is 4.01. The van der Waals surface area contributed by atoms with Crippen LogP contribution in [0.4, 0.5) is 5.82 Å². The number of sulfone groups is 1. The number of piperidine rings is 1. The fourth-order valence-corrected chi connectivity index (χ4v) is 4.65. The normalized spacial score (nSPS) is 20.1. The van der Waals surface area contributed by atoms with E-state index in [2.05, 4.69) is 14.9 Å². The average Bonchev–Trinajstić information content (AvgIpc) is 3.14. The van der Waals surface area contributed by atoms with Gasteiger partial charge in [-0.1, -0.05) is 12.8 Å². The highest BCUT2D eigenvalue weighted by Gasteiger charge is 2.26. The Morgan fingerprint density at radius 1 is 1.04 bits per heavy atom. The number of anilines is 1. The van der Waals surface area contributed by atoms with Gasteiger partial charge < -0.3 is 9.64 Å². The van der Waals surface area contributed by atoms with E-state index < -0.39 is 9.84 Å². The molecule has 0 amide bonds. The first-order chi connectivity index (χ1) is 12.5. The van der Waals surface area contributed by atoms with Crippen molar-refractivity contribution in [3.05, 3.63) is 24.5 Å². The molecule has 0 bridgehead atoms. The lowest BCUT2D eigenvalue weighted by Crippen LogP contribution is -2.38. The Hall–Kier alpha value is -1.73. The molecule has 26 heavy (non-hydrogen) atoms. The van der Waals surface area contributed by atoms with Crippen LogP contribution < -0.4 is 4.90 Å². The first-order valence-corrected chi connectivity index (χ1v) is 11.2. The van der Waals surface area contributed by atoms with Crippen LogP contribution in [0.25, 0.3) is 10.9 Å². The molecule has 1 aromatic carbocycles. The van der Waals surface area contributed by atoms with E-state index in [0.717, 1.165) is 42.7 Å². The summed E-state index contributed by atoms with van der Waals surface area (Å²) in [5.41, 5.74) is 0.770. The van der Waals surface area contributed by atoms with E-state index in [1.54, 1.807) is 24.5 Å². The summed E-state index contributed by atoms with van der Waals surface area (Å²) in [6, 6.07) is 5.06. The molecule has 1 aromatic heterocycles. The molecule has 4 rings (SSSR count). The monoisotopic (exact) mass is 375 g/mol. The van der Waals surface area contributed by atoms with Crippen molar-refractivity contribution in [1.82, 2.24) is 9.97 Å². The van der Waals surface area contributed by atoms with Gasteiger partial charge in [-0.2, -0.15) is 0 Å². The van der Waals surface area contributed by atoms with Crippen LogP contribution in [0.3, 0.4) is 0 Å². The van der Waals surface area contributed by atoms with Crippen LogP contribution in [0.1, 0.15) is 38.5 Å². The number of ether oxygens (including phenoxy) is 1. The van der Waals surface area contributed by atoms with Gasteiger partial charge in [-0.3, -0.25) is 0 Å². The second-order valence-corrected chi connectivity index (χ2v) is 9.39. The number of fused-ring (bicyclic) bond motifs is 1. The minimum Gasteiger partial charge on any atom is -0.375 e. The van der Waals surface area contributed by atoms with Gasteiger partial charge in [-0.25, -0.2) is 18.4 Å². The van der Waals surface area contributed by atoms with Crippen molar-refractivity contribution in [2.75, 3.05) is 24.2 Å². The zero-order valence-electron chi connectivity index (χ0n) is 15.1. The Morgan fingerprint density at radius 2 is 1.73 bits per heavy atom. The van der Waals surface area contributed by atoms with Crippen LogP contribution in [0.15, 0.2) is 29.4 Å². The lowest BCUT2D eigenvalue weighted by atomic mass is 10.1. The summed E-state index contributed by atoms with van der Waals surface area (Å²) >= 11 is 0. The van der Waals surface area contributed by atoms with Gasteiger partial charge >= 0.3 is 0 Å². The standard InChI is InChI=1S/C19H25N3O3S/c1-26(23,24)16-6-7-18-17(12-16)19(21-13-20-18)22-10-8-15(9-11-22)25-14-4-2-3-5-14/h6-7,12-15H,2-5,8-11H2,1H3. The molecule has 1 aliphatic carbocycles. The third-order valence-corrected chi connectivity index (χ3v) is 6.55. The van der Waals surface area contributed by atoms with Gasteiger partial charge in [0.05, 0.1) is 22.6 Å². The Bertz CT molecular complexity index is 886.